The number of carboxylic acid groups (broad SMARTS) is 1. The molecule has 104 valence electrons. The van der Waals surface area contributed by atoms with Crippen molar-refractivity contribution < 1.29 is 9.90 Å². The topological polar surface area (TPSA) is 53.4 Å². The van der Waals surface area contributed by atoms with Crippen LogP contribution in [-0.4, -0.2) is 34.0 Å². The minimum atomic E-state index is -0.613. The van der Waals surface area contributed by atoms with Crippen LogP contribution in [0.2, 0.25) is 0 Å². The van der Waals surface area contributed by atoms with Crippen molar-refractivity contribution in [1.29, 1.82) is 0 Å². The molecular formula is C15H22N2O2. The van der Waals surface area contributed by atoms with E-state index in [1.165, 1.54) is 5.56 Å². The quantitative estimate of drug-likeness (QED) is 0.886. The number of rotatable bonds is 5. The van der Waals surface area contributed by atoms with E-state index >= 15 is 0 Å². The Hall–Kier alpha value is -1.42. The number of likely N-dealkylation sites (tertiary alicyclic amines) is 1. The zero-order valence-electron chi connectivity index (χ0n) is 11.5. The Bertz CT molecular complexity index is 411. The number of aromatic nitrogens is 1. The van der Waals surface area contributed by atoms with Crippen molar-refractivity contribution in [3.8, 4) is 0 Å². The Balaban J connectivity index is 1.93. The average molecular weight is 262 g/mol. The normalized spacial score (nSPS) is 19.2. The highest BCUT2D eigenvalue weighted by molar-refractivity contribution is 5.74. The summed E-state index contributed by atoms with van der Waals surface area (Å²) in [4.78, 5) is 17.9. The van der Waals surface area contributed by atoms with Crippen LogP contribution in [0.15, 0.2) is 24.5 Å². The number of hydrogen-bond acceptors (Lipinski definition) is 3. The third-order valence-corrected chi connectivity index (χ3v) is 4.15. The van der Waals surface area contributed by atoms with E-state index in [1.807, 2.05) is 12.1 Å². The van der Waals surface area contributed by atoms with Gasteiger partial charge in [-0.05, 0) is 50.0 Å². The number of carbonyl (C=O) groups is 1. The zero-order chi connectivity index (χ0) is 13.7. The maximum Gasteiger partial charge on any atom is 0.309 e. The summed E-state index contributed by atoms with van der Waals surface area (Å²) in [6.07, 6.45) is 6.88. The smallest absolute Gasteiger partial charge is 0.309 e. The number of piperidine rings is 1. The average Bonchev–Trinajstić information content (AvgIpc) is 2.42. The highest BCUT2D eigenvalue weighted by atomic mass is 16.4. The number of aliphatic carboxylic acids is 1. The van der Waals surface area contributed by atoms with Crippen LogP contribution in [-0.2, 0) is 11.3 Å². The molecule has 2 heterocycles. The molecule has 1 aromatic rings. The minimum absolute atomic E-state index is 0.483. The molecule has 1 N–H and O–H groups in total. The minimum Gasteiger partial charge on any atom is -0.481 e. The van der Waals surface area contributed by atoms with Crippen molar-refractivity contribution in [3.63, 3.8) is 0 Å². The van der Waals surface area contributed by atoms with Gasteiger partial charge in [0.1, 0.15) is 0 Å². The van der Waals surface area contributed by atoms with Gasteiger partial charge in [-0.3, -0.25) is 14.7 Å². The lowest BCUT2D eigenvalue weighted by molar-refractivity contribution is -0.152. The molecule has 0 spiro atoms. The summed E-state index contributed by atoms with van der Waals surface area (Å²) < 4.78 is 0. The van der Waals surface area contributed by atoms with E-state index in [9.17, 15) is 9.90 Å². The van der Waals surface area contributed by atoms with E-state index < -0.39 is 11.4 Å². The molecule has 1 fully saturated rings. The fraction of sp³-hybridized carbons (Fsp3) is 0.600. The molecule has 2 rings (SSSR count). The summed E-state index contributed by atoms with van der Waals surface area (Å²) in [5.41, 5.74) is 0.761. The van der Waals surface area contributed by atoms with Gasteiger partial charge in [-0.1, -0.05) is 13.3 Å². The van der Waals surface area contributed by atoms with Gasteiger partial charge in [0.2, 0.25) is 0 Å². The van der Waals surface area contributed by atoms with Gasteiger partial charge in [0.25, 0.3) is 0 Å². The molecule has 1 aromatic heterocycles. The van der Waals surface area contributed by atoms with Crippen molar-refractivity contribution >= 4 is 5.97 Å². The first kappa shape index (κ1) is 14.0. The Kier molecular flexibility index (Phi) is 4.53. The summed E-state index contributed by atoms with van der Waals surface area (Å²) in [5, 5.41) is 9.47. The monoisotopic (exact) mass is 262 g/mol. The van der Waals surface area contributed by atoms with Gasteiger partial charge in [0.05, 0.1) is 5.41 Å². The van der Waals surface area contributed by atoms with E-state index in [0.717, 1.165) is 45.3 Å². The molecule has 4 nitrogen and oxygen atoms in total. The summed E-state index contributed by atoms with van der Waals surface area (Å²) in [5.74, 6) is -0.613. The number of hydrogen-bond donors (Lipinski definition) is 1. The van der Waals surface area contributed by atoms with Crippen LogP contribution in [0.3, 0.4) is 0 Å². The van der Waals surface area contributed by atoms with Crippen molar-refractivity contribution in [2.45, 2.75) is 39.2 Å². The molecule has 19 heavy (non-hydrogen) atoms. The maximum absolute atomic E-state index is 11.5. The molecule has 1 aliphatic rings. The van der Waals surface area contributed by atoms with E-state index in [0.29, 0.717) is 0 Å². The third-order valence-electron chi connectivity index (χ3n) is 4.15. The van der Waals surface area contributed by atoms with Crippen molar-refractivity contribution in [3.05, 3.63) is 30.1 Å². The highest BCUT2D eigenvalue weighted by Gasteiger charge is 2.40. The molecule has 0 unspecified atom stereocenters. The molecule has 0 bridgehead atoms. The SMILES string of the molecule is CCCC1(C(=O)O)CCN(Cc2ccncc2)CC1. The standard InChI is InChI=1S/C15H22N2O2/c1-2-5-15(14(18)19)6-10-17(11-7-15)12-13-3-8-16-9-4-13/h3-4,8-9H,2,5-7,10-12H2,1H3,(H,18,19). The molecule has 0 aliphatic carbocycles. The molecule has 1 aliphatic heterocycles. The number of pyridine rings is 1. The fourth-order valence-electron chi connectivity index (χ4n) is 2.93. The van der Waals surface area contributed by atoms with Gasteiger partial charge in [0, 0.05) is 18.9 Å². The Morgan fingerprint density at radius 1 is 1.37 bits per heavy atom. The molecule has 0 atom stereocenters. The first-order valence-electron chi connectivity index (χ1n) is 7.01. The Morgan fingerprint density at radius 2 is 2.00 bits per heavy atom. The molecular weight excluding hydrogens is 240 g/mol. The molecule has 0 aromatic carbocycles. The fourth-order valence-corrected chi connectivity index (χ4v) is 2.93. The lowest BCUT2D eigenvalue weighted by atomic mass is 9.75. The number of nitrogens with zero attached hydrogens (tertiary/aromatic N) is 2. The number of carboxylic acids is 1. The van der Waals surface area contributed by atoms with Crippen molar-refractivity contribution in [2.75, 3.05) is 13.1 Å². The van der Waals surface area contributed by atoms with E-state index in [4.69, 9.17) is 0 Å². The molecule has 0 saturated carbocycles. The van der Waals surface area contributed by atoms with E-state index in [2.05, 4.69) is 16.8 Å². The van der Waals surface area contributed by atoms with Crippen LogP contribution in [0.5, 0.6) is 0 Å². The van der Waals surface area contributed by atoms with Gasteiger partial charge >= 0.3 is 5.97 Å². The second-order valence-electron chi connectivity index (χ2n) is 5.47. The predicted octanol–water partition coefficient (Wildman–Crippen LogP) is 2.55. The lowest BCUT2D eigenvalue weighted by Gasteiger charge is -2.38. The molecule has 0 amide bonds. The first-order valence-corrected chi connectivity index (χ1v) is 7.01. The van der Waals surface area contributed by atoms with E-state index in [-0.39, 0.29) is 0 Å². The van der Waals surface area contributed by atoms with Crippen LogP contribution in [0.1, 0.15) is 38.2 Å². The second kappa shape index (κ2) is 6.15. The van der Waals surface area contributed by atoms with Gasteiger partial charge in [-0.15, -0.1) is 0 Å². The van der Waals surface area contributed by atoms with Gasteiger partial charge in [-0.25, -0.2) is 0 Å². The predicted molar refractivity (Wildman–Crippen MR) is 73.7 cm³/mol. The van der Waals surface area contributed by atoms with E-state index in [1.54, 1.807) is 12.4 Å². The molecule has 1 saturated heterocycles. The lowest BCUT2D eigenvalue weighted by Crippen LogP contribution is -2.44. The summed E-state index contributed by atoms with van der Waals surface area (Å²) >= 11 is 0. The van der Waals surface area contributed by atoms with Gasteiger partial charge in [0.15, 0.2) is 0 Å². The largest absolute Gasteiger partial charge is 0.481 e. The van der Waals surface area contributed by atoms with Gasteiger partial charge < -0.3 is 5.11 Å². The van der Waals surface area contributed by atoms with Crippen molar-refractivity contribution in [2.24, 2.45) is 5.41 Å². The highest BCUT2D eigenvalue weighted by Crippen LogP contribution is 2.36. The summed E-state index contributed by atoms with van der Waals surface area (Å²) in [6.45, 7) is 4.70. The Labute approximate surface area is 114 Å². The third kappa shape index (κ3) is 3.32. The van der Waals surface area contributed by atoms with Crippen LogP contribution in [0, 0.1) is 5.41 Å². The summed E-state index contributed by atoms with van der Waals surface area (Å²) in [7, 11) is 0. The zero-order valence-corrected chi connectivity index (χ0v) is 11.5. The maximum atomic E-state index is 11.5. The van der Waals surface area contributed by atoms with Crippen LogP contribution in [0.25, 0.3) is 0 Å². The summed E-state index contributed by atoms with van der Waals surface area (Å²) in [6, 6.07) is 4.04. The van der Waals surface area contributed by atoms with Gasteiger partial charge in [-0.2, -0.15) is 0 Å². The molecule has 0 radical (unpaired) electrons. The first-order chi connectivity index (χ1) is 9.16. The Morgan fingerprint density at radius 3 is 2.53 bits per heavy atom. The van der Waals surface area contributed by atoms with Crippen LogP contribution >= 0.6 is 0 Å². The van der Waals surface area contributed by atoms with Crippen LogP contribution in [0.4, 0.5) is 0 Å². The van der Waals surface area contributed by atoms with Crippen LogP contribution < -0.4 is 0 Å². The van der Waals surface area contributed by atoms with Crippen molar-refractivity contribution in [1.82, 2.24) is 9.88 Å². The second-order valence-corrected chi connectivity index (χ2v) is 5.47. The molecule has 4 heteroatoms.